The molecule has 23 rings (SSSR count). The summed E-state index contributed by atoms with van der Waals surface area (Å²) in [5.74, 6) is -1.92. The van der Waals surface area contributed by atoms with Gasteiger partial charge in [0.15, 0.2) is 22.8 Å². The molecule has 0 saturated carbocycles. The fourth-order valence-electron chi connectivity index (χ4n) is 19.4. The Hall–Kier alpha value is -15.8. The number of likely N-dealkylation sites (tertiary alicyclic amines) is 3. The standard InChI is InChI=1S/C29H32FN7O2.C28H30FN7O2.C27H28FN7O.C25H20F2N6O/c1-29(30)8-11-37(18-29)26-5-3-22(16-32-26)33-28(39)27-24-13-20(2-4-25(24)34-35-27)21-12-19(14-31-15-21)17-36-9-6-23(38)7-10-36;1-28(29)6-7-36(18-28)25-5-3-22(16-31-25)32-27(37)26-23-13-20(2-4-24(23)33-34-26)21-12-19(14-30-15-21)17-35-8-10-38-11-9-35;1-27(28)7-10-35(17-27)24-6-4-21(15-30-24)31-26(36)25-22-12-19(3-5-23(22)32-33-25)20-11-18(13-29-14-20)16-34-8-2-9-34;26-25(27)7-8-33(15-25)14-17-9-19(13-29-12-17)18-3-6-22-21(10-18)23(32-31-22)24(34)30-20-4-1-16(11-28)2-5-20/h2-5,12-16,23,38H,6-11,17-18H2,1H3,(H,33,39)(H,34,35);2-5,12-16H,6-11,17-18H2,1H3,(H,32,37)(H,33,34);3-6,11-15H,2,7-10,16-17H2,1H3,(H,31,36)(H,32,33);1-6,9-10,12-13H,7-8,14-15H2,(H,30,34)(H,31,32). The van der Waals surface area contributed by atoms with E-state index in [0.29, 0.717) is 151 Å². The maximum Gasteiger partial charge on any atom is 0.276 e. The van der Waals surface area contributed by atoms with Gasteiger partial charge in [0.2, 0.25) is 0 Å². The molecule has 7 fully saturated rings. The van der Waals surface area contributed by atoms with Gasteiger partial charge in [0.25, 0.3) is 29.6 Å². The van der Waals surface area contributed by atoms with Gasteiger partial charge in [-0.25, -0.2) is 36.9 Å². The zero-order valence-electron chi connectivity index (χ0n) is 81.4. The van der Waals surface area contributed by atoms with E-state index in [-0.39, 0.29) is 48.4 Å². The zero-order chi connectivity index (χ0) is 102. The van der Waals surface area contributed by atoms with Crippen LogP contribution in [0.5, 0.6) is 0 Å². The molecule has 4 amide bonds. The van der Waals surface area contributed by atoms with E-state index in [9.17, 15) is 46.2 Å². The van der Waals surface area contributed by atoms with Crippen LogP contribution in [0.15, 0.2) is 226 Å². The molecule has 38 heteroatoms. The second-order valence-electron chi connectivity index (χ2n) is 39.5. The van der Waals surface area contributed by atoms with Crippen molar-refractivity contribution in [3.63, 3.8) is 0 Å². The molecular formula is C109H110F5N27O6. The number of carbonyl (C=O) groups excluding carboxylic acids is 4. The Kier molecular flexibility index (Phi) is 28.7. The highest BCUT2D eigenvalue weighted by Crippen LogP contribution is 2.38. The number of rotatable bonds is 23. The number of piperidine rings is 1. The number of hydrogen-bond donors (Lipinski definition) is 9. The quantitative estimate of drug-likeness (QED) is 0.0269. The lowest BCUT2D eigenvalue weighted by molar-refractivity contribution is 0.0114. The van der Waals surface area contributed by atoms with Crippen molar-refractivity contribution < 1.29 is 51.0 Å². The van der Waals surface area contributed by atoms with Gasteiger partial charge in [0.1, 0.15) is 34.5 Å². The minimum Gasteiger partial charge on any atom is -0.393 e. The number of anilines is 7. The number of aliphatic hydroxyl groups excluding tert-OH is 1. The summed E-state index contributed by atoms with van der Waals surface area (Å²) in [5.41, 5.74) is 15.0. The van der Waals surface area contributed by atoms with Crippen molar-refractivity contribution in [1.29, 1.82) is 5.26 Å². The topological polar surface area (TPSA) is 397 Å². The lowest BCUT2D eigenvalue weighted by Crippen LogP contribution is -2.36. The van der Waals surface area contributed by atoms with E-state index < -0.39 is 22.9 Å². The molecule has 0 spiro atoms. The molecule has 9 N–H and O–H groups in total. The Morgan fingerprint density at radius 1 is 0.367 bits per heavy atom. The van der Waals surface area contributed by atoms with Gasteiger partial charge in [-0.05, 0) is 231 Å². The molecule has 18 heterocycles. The van der Waals surface area contributed by atoms with Crippen molar-refractivity contribution in [3.8, 4) is 50.6 Å². The number of fused-ring (bicyclic) bond motifs is 4. The minimum absolute atomic E-state index is 0.120. The average Bonchev–Trinajstić information content (AvgIpc) is 1.73. The van der Waals surface area contributed by atoms with Crippen molar-refractivity contribution in [2.75, 3.05) is 141 Å². The van der Waals surface area contributed by atoms with Crippen LogP contribution < -0.4 is 36.0 Å². The number of ether oxygens (including phenoxy) is 1. The van der Waals surface area contributed by atoms with Crippen molar-refractivity contribution in [1.82, 2.24) is 95.3 Å². The predicted octanol–water partition coefficient (Wildman–Crippen LogP) is 17.2. The molecule has 147 heavy (non-hydrogen) atoms. The second-order valence-corrected chi connectivity index (χ2v) is 39.5. The highest BCUT2D eigenvalue weighted by atomic mass is 19.3. The van der Waals surface area contributed by atoms with E-state index in [0.717, 1.165) is 173 Å². The Morgan fingerprint density at radius 2 is 0.687 bits per heavy atom. The molecule has 752 valence electrons. The fourth-order valence-corrected chi connectivity index (χ4v) is 19.4. The first kappa shape index (κ1) is 98.6. The van der Waals surface area contributed by atoms with Crippen molar-refractivity contribution in [3.05, 3.63) is 276 Å². The number of halogens is 5. The van der Waals surface area contributed by atoms with Gasteiger partial charge in [0.05, 0.1) is 115 Å². The van der Waals surface area contributed by atoms with Gasteiger partial charge in [-0.2, -0.15) is 25.7 Å². The van der Waals surface area contributed by atoms with Crippen molar-refractivity contribution in [2.24, 2.45) is 0 Å². The molecule has 7 saturated heterocycles. The smallest absolute Gasteiger partial charge is 0.276 e. The summed E-state index contributed by atoms with van der Waals surface area (Å²) in [6.07, 6.45) is 23.3. The first-order valence-corrected chi connectivity index (χ1v) is 49.3. The molecule has 0 radical (unpaired) electrons. The number of alkyl halides is 5. The van der Waals surface area contributed by atoms with E-state index in [1.54, 1.807) is 117 Å². The number of aliphatic hydroxyl groups is 1. The molecule has 7 aliphatic rings. The van der Waals surface area contributed by atoms with E-state index >= 15 is 0 Å². The summed E-state index contributed by atoms with van der Waals surface area (Å²) in [6.45, 7) is 18.1. The summed E-state index contributed by atoms with van der Waals surface area (Å²) >= 11 is 0. The van der Waals surface area contributed by atoms with Crippen LogP contribution in [-0.4, -0.2) is 258 Å². The molecule has 0 bridgehead atoms. The zero-order valence-corrected chi connectivity index (χ0v) is 81.4. The van der Waals surface area contributed by atoms with Gasteiger partial charge in [-0.1, -0.05) is 24.3 Å². The molecule has 33 nitrogen and oxygen atoms in total. The minimum atomic E-state index is -2.63. The van der Waals surface area contributed by atoms with Gasteiger partial charge >= 0.3 is 0 Å². The van der Waals surface area contributed by atoms with Crippen LogP contribution in [0.1, 0.15) is 135 Å². The van der Waals surface area contributed by atoms with E-state index in [2.05, 4.69) is 130 Å². The summed E-state index contributed by atoms with van der Waals surface area (Å²) in [4.78, 5) is 97.7. The fraction of sp³-hybridized carbons (Fsp3) is 0.321. The molecule has 0 aliphatic carbocycles. The van der Waals surface area contributed by atoms with Crippen LogP contribution in [0.3, 0.4) is 0 Å². The highest BCUT2D eigenvalue weighted by Gasteiger charge is 2.40. The molecule has 11 aromatic heterocycles. The van der Waals surface area contributed by atoms with Gasteiger partial charge in [-0.15, -0.1) is 0 Å². The number of amides is 4. The largest absolute Gasteiger partial charge is 0.393 e. The Morgan fingerprint density at radius 3 is 0.980 bits per heavy atom. The number of hydrogen-bond acceptors (Lipinski definition) is 25. The first-order chi connectivity index (χ1) is 71.1. The molecule has 3 atom stereocenters. The number of nitriles is 1. The monoisotopic (exact) mass is 1990 g/mol. The van der Waals surface area contributed by atoms with Gasteiger partial charge < -0.3 is 45.8 Å². The van der Waals surface area contributed by atoms with Crippen molar-refractivity contribution >= 4 is 107 Å². The van der Waals surface area contributed by atoms with Crippen LogP contribution >= 0.6 is 0 Å². The number of aromatic amines is 4. The molecule has 7 aliphatic heterocycles. The van der Waals surface area contributed by atoms with Crippen LogP contribution in [0, 0.1) is 11.3 Å². The van der Waals surface area contributed by atoms with Crippen LogP contribution in [0.4, 0.5) is 62.2 Å². The van der Waals surface area contributed by atoms with Crippen LogP contribution in [-0.2, 0) is 30.9 Å². The second kappa shape index (κ2) is 42.9. The van der Waals surface area contributed by atoms with E-state index in [4.69, 9.17) is 10.00 Å². The number of nitrogens with zero attached hydrogens (tertiary/aromatic N) is 19. The number of benzene rings is 5. The lowest BCUT2D eigenvalue weighted by atomic mass is 10.0. The Labute approximate surface area is 843 Å². The maximum absolute atomic E-state index is 14.2. The normalized spacial score (nSPS) is 19.1. The van der Waals surface area contributed by atoms with Crippen molar-refractivity contribution in [2.45, 2.75) is 121 Å². The number of aromatic nitrogens is 15. The maximum atomic E-state index is 14.2. The number of H-pyrrole nitrogens is 4. The van der Waals surface area contributed by atoms with Crippen LogP contribution in [0.2, 0.25) is 0 Å². The highest BCUT2D eigenvalue weighted by molar-refractivity contribution is 6.15. The Balaban J connectivity index is 0.000000119. The lowest BCUT2D eigenvalue weighted by Gasteiger charge is -2.30. The third-order valence-corrected chi connectivity index (χ3v) is 27.6. The molecular weight excluding hydrogens is 1880 g/mol. The van der Waals surface area contributed by atoms with E-state index in [1.807, 2.05) is 137 Å². The summed E-state index contributed by atoms with van der Waals surface area (Å²) in [5, 5.41) is 61.7. The van der Waals surface area contributed by atoms with E-state index in [1.165, 1.54) is 12.0 Å². The molecule has 3 unspecified atom stereocenters. The SMILES string of the molecule is CC1(F)CCN(c2ccc(NC(=O)c3n[nH]c4ccc(-c5cncc(CN6CCC(O)CC6)c5)cc34)cn2)C1.CC1(F)CCN(c2ccc(NC(=O)c3n[nH]c4ccc(-c5cncc(CN6CCC6)c5)cc34)cn2)C1.CC1(F)CCN(c2ccc(NC(=O)c3n[nH]c4ccc(-c5cncc(CN6CCOCC6)c5)cc34)cn2)C1.N#Cc1ccc(NC(=O)c2n[nH]c3ccc(-c4cncc(CN5CCC(F)(F)C5)c4)cc23)cc1. The predicted molar refractivity (Wildman–Crippen MR) is 553 cm³/mol. The van der Waals surface area contributed by atoms with Crippen LogP contribution in [0.25, 0.3) is 88.1 Å². The van der Waals surface area contributed by atoms with Gasteiger partial charge in [-0.3, -0.25) is 79.1 Å². The first-order valence-electron chi connectivity index (χ1n) is 49.3. The number of morpholine rings is 1. The molecule has 16 aromatic rings. The summed E-state index contributed by atoms with van der Waals surface area (Å²) in [6, 6.07) is 50.9. The average molecular weight is 1990 g/mol. The summed E-state index contributed by atoms with van der Waals surface area (Å²) < 4.78 is 75.0. The third-order valence-electron chi connectivity index (χ3n) is 27.6. The number of carbonyl (C=O) groups is 4. The third kappa shape index (κ3) is 24.1. The number of pyridine rings is 7. The molecule has 5 aromatic carbocycles. The number of nitrogens with one attached hydrogen (secondary N) is 8. The summed E-state index contributed by atoms with van der Waals surface area (Å²) in [7, 11) is 0. The Bertz CT molecular complexity index is 7510. The van der Waals surface area contributed by atoms with Gasteiger partial charge in [0, 0.05) is 203 Å².